The van der Waals surface area contributed by atoms with Gasteiger partial charge in [-0.15, -0.1) is 0 Å². The van der Waals surface area contributed by atoms with E-state index in [0.717, 1.165) is 18.4 Å². The van der Waals surface area contributed by atoms with Crippen molar-refractivity contribution in [3.63, 3.8) is 0 Å². The molecule has 0 aliphatic heterocycles. The normalized spacial score (nSPS) is 18.0. The zero-order chi connectivity index (χ0) is 16.9. The van der Waals surface area contributed by atoms with Crippen LogP contribution in [0.2, 0.25) is 0 Å². The minimum atomic E-state index is -0.293. The maximum atomic E-state index is 11.9. The Kier molecular flexibility index (Phi) is 5.81. The van der Waals surface area contributed by atoms with Gasteiger partial charge >= 0.3 is 5.97 Å². The molecule has 124 valence electrons. The van der Waals surface area contributed by atoms with Crippen molar-refractivity contribution >= 4 is 5.97 Å². The van der Waals surface area contributed by atoms with Crippen LogP contribution in [-0.2, 0) is 4.74 Å². The number of hydrogen-bond donors (Lipinski definition) is 0. The van der Waals surface area contributed by atoms with Gasteiger partial charge in [0.25, 0.3) is 0 Å². The molecule has 0 saturated heterocycles. The van der Waals surface area contributed by atoms with Crippen molar-refractivity contribution < 1.29 is 9.53 Å². The summed E-state index contributed by atoms with van der Waals surface area (Å²) >= 11 is 0. The summed E-state index contributed by atoms with van der Waals surface area (Å²) in [5.41, 5.74) is 5.14. The number of ether oxygens (including phenoxy) is 1. The van der Waals surface area contributed by atoms with Crippen LogP contribution in [-0.4, -0.2) is 5.97 Å². The predicted molar refractivity (Wildman–Crippen MR) is 95.2 cm³/mol. The zero-order valence-corrected chi connectivity index (χ0v) is 14.8. The number of carbonyl (C=O) groups excluding carboxylic acids is 1. The molecule has 1 aromatic carbocycles. The highest BCUT2D eigenvalue weighted by atomic mass is 16.5. The molecule has 0 saturated carbocycles. The van der Waals surface area contributed by atoms with Gasteiger partial charge in [-0.2, -0.15) is 0 Å². The third kappa shape index (κ3) is 4.82. The van der Waals surface area contributed by atoms with Crippen LogP contribution >= 0.6 is 0 Å². The Labute approximate surface area is 140 Å². The third-order valence-corrected chi connectivity index (χ3v) is 4.83. The van der Waals surface area contributed by atoms with Crippen molar-refractivity contribution in [3.05, 3.63) is 58.9 Å². The Bertz CT molecular complexity index is 606. The number of benzene rings is 1. The summed E-state index contributed by atoms with van der Waals surface area (Å²) in [7, 11) is 0. The molecule has 0 unspecified atom stereocenters. The van der Waals surface area contributed by atoms with Crippen LogP contribution in [0.1, 0.15) is 70.2 Å². The van der Waals surface area contributed by atoms with Gasteiger partial charge in [0, 0.05) is 0 Å². The van der Waals surface area contributed by atoms with Gasteiger partial charge in [0.05, 0.1) is 11.8 Å². The van der Waals surface area contributed by atoms with Crippen molar-refractivity contribution in [2.75, 3.05) is 0 Å². The van der Waals surface area contributed by atoms with Gasteiger partial charge < -0.3 is 4.74 Å². The first-order chi connectivity index (χ1) is 10.9. The SMILES string of the molecule is CC1=C(CC/C(C)=C/OC(=O)c2ccccc2)C(C)(C)CCC1. The molecule has 0 radical (unpaired) electrons. The lowest BCUT2D eigenvalue weighted by Crippen LogP contribution is -2.20. The lowest BCUT2D eigenvalue weighted by Gasteiger charge is -2.34. The van der Waals surface area contributed by atoms with Gasteiger partial charge in [-0.25, -0.2) is 4.79 Å². The van der Waals surface area contributed by atoms with Crippen LogP contribution in [0.15, 0.2) is 53.3 Å². The van der Waals surface area contributed by atoms with Crippen LogP contribution < -0.4 is 0 Å². The van der Waals surface area contributed by atoms with Crippen molar-refractivity contribution in [3.8, 4) is 0 Å². The molecule has 1 aliphatic rings. The standard InChI is InChI=1S/C21H28O2/c1-16(15-23-20(22)18-10-6-5-7-11-18)12-13-19-17(2)9-8-14-21(19,3)4/h5-7,10-11,15H,8-9,12-14H2,1-4H3/b16-15+. The van der Waals surface area contributed by atoms with E-state index in [9.17, 15) is 4.79 Å². The molecule has 0 atom stereocenters. The summed E-state index contributed by atoms with van der Waals surface area (Å²) < 4.78 is 5.29. The smallest absolute Gasteiger partial charge is 0.342 e. The van der Waals surface area contributed by atoms with E-state index in [4.69, 9.17) is 4.74 Å². The summed E-state index contributed by atoms with van der Waals surface area (Å²) in [5.74, 6) is -0.293. The fraction of sp³-hybridized carbons (Fsp3) is 0.476. The average Bonchev–Trinajstić information content (AvgIpc) is 2.52. The average molecular weight is 312 g/mol. The summed E-state index contributed by atoms with van der Waals surface area (Å²) in [6.07, 6.45) is 7.41. The van der Waals surface area contributed by atoms with Crippen molar-refractivity contribution in [1.29, 1.82) is 0 Å². The summed E-state index contributed by atoms with van der Waals surface area (Å²) in [4.78, 5) is 11.9. The summed E-state index contributed by atoms with van der Waals surface area (Å²) in [6.45, 7) is 8.99. The Balaban J connectivity index is 1.92. The number of carbonyl (C=O) groups is 1. The molecule has 0 bridgehead atoms. The topological polar surface area (TPSA) is 26.3 Å². The Morgan fingerprint density at radius 2 is 1.96 bits per heavy atom. The fourth-order valence-corrected chi connectivity index (χ4v) is 3.40. The van der Waals surface area contributed by atoms with E-state index in [1.165, 1.54) is 19.3 Å². The molecule has 2 heteroatoms. The van der Waals surface area contributed by atoms with Gasteiger partial charge in [-0.1, -0.05) is 43.2 Å². The summed E-state index contributed by atoms with van der Waals surface area (Å²) in [6, 6.07) is 9.11. The van der Waals surface area contributed by atoms with E-state index in [1.54, 1.807) is 29.5 Å². The monoisotopic (exact) mass is 312 g/mol. The second kappa shape index (κ2) is 7.63. The number of allylic oxidation sites excluding steroid dienone is 3. The van der Waals surface area contributed by atoms with Crippen molar-refractivity contribution in [2.45, 2.75) is 59.8 Å². The third-order valence-electron chi connectivity index (χ3n) is 4.83. The molecule has 0 heterocycles. The van der Waals surface area contributed by atoms with E-state index in [1.807, 2.05) is 25.1 Å². The maximum absolute atomic E-state index is 11.9. The van der Waals surface area contributed by atoms with Crippen LogP contribution in [0, 0.1) is 5.41 Å². The van der Waals surface area contributed by atoms with Crippen molar-refractivity contribution in [2.24, 2.45) is 5.41 Å². The molecule has 0 aromatic heterocycles. The van der Waals surface area contributed by atoms with E-state index < -0.39 is 0 Å². The maximum Gasteiger partial charge on any atom is 0.342 e. The molecule has 2 nitrogen and oxygen atoms in total. The molecular weight excluding hydrogens is 284 g/mol. The number of hydrogen-bond acceptors (Lipinski definition) is 2. The number of esters is 1. The molecule has 2 rings (SSSR count). The molecule has 0 spiro atoms. The molecule has 1 aromatic rings. The van der Waals surface area contributed by atoms with E-state index in [0.29, 0.717) is 11.0 Å². The highest BCUT2D eigenvalue weighted by Crippen LogP contribution is 2.42. The largest absolute Gasteiger partial charge is 0.431 e. The van der Waals surface area contributed by atoms with Crippen LogP contribution in [0.25, 0.3) is 0 Å². The zero-order valence-electron chi connectivity index (χ0n) is 14.8. The van der Waals surface area contributed by atoms with Crippen LogP contribution in [0.4, 0.5) is 0 Å². The second-order valence-corrected chi connectivity index (χ2v) is 7.23. The highest BCUT2D eigenvalue weighted by Gasteiger charge is 2.27. The Morgan fingerprint density at radius 3 is 2.61 bits per heavy atom. The van der Waals surface area contributed by atoms with E-state index >= 15 is 0 Å². The molecule has 0 fully saturated rings. The lowest BCUT2D eigenvalue weighted by atomic mass is 9.71. The quantitative estimate of drug-likeness (QED) is 0.375. The summed E-state index contributed by atoms with van der Waals surface area (Å²) in [5, 5.41) is 0. The molecule has 23 heavy (non-hydrogen) atoms. The Hall–Kier alpha value is -1.83. The first-order valence-electron chi connectivity index (χ1n) is 8.51. The fourth-order valence-electron chi connectivity index (χ4n) is 3.40. The molecule has 0 N–H and O–H groups in total. The van der Waals surface area contributed by atoms with Crippen LogP contribution in [0.3, 0.4) is 0 Å². The van der Waals surface area contributed by atoms with Gasteiger partial charge in [0.15, 0.2) is 0 Å². The van der Waals surface area contributed by atoms with E-state index in [2.05, 4.69) is 20.8 Å². The lowest BCUT2D eigenvalue weighted by molar-refractivity contribution is 0.0660. The second-order valence-electron chi connectivity index (χ2n) is 7.23. The van der Waals surface area contributed by atoms with Crippen LogP contribution in [0.5, 0.6) is 0 Å². The van der Waals surface area contributed by atoms with Gasteiger partial charge in [0.2, 0.25) is 0 Å². The Morgan fingerprint density at radius 1 is 1.26 bits per heavy atom. The molecular formula is C21H28O2. The first kappa shape index (κ1) is 17.5. The molecule has 0 amide bonds. The minimum absolute atomic E-state index is 0.293. The predicted octanol–water partition coefficient (Wildman–Crippen LogP) is 6.05. The van der Waals surface area contributed by atoms with E-state index in [-0.39, 0.29) is 5.97 Å². The van der Waals surface area contributed by atoms with Gasteiger partial charge in [-0.05, 0) is 69.1 Å². The van der Waals surface area contributed by atoms with Crippen molar-refractivity contribution in [1.82, 2.24) is 0 Å². The van der Waals surface area contributed by atoms with Gasteiger partial charge in [0.1, 0.15) is 0 Å². The first-order valence-corrected chi connectivity index (χ1v) is 8.51. The molecule has 1 aliphatic carbocycles. The minimum Gasteiger partial charge on any atom is -0.431 e. The van der Waals surface area contributed by atoms with Gasteiger partial charge in [-0.3, -0.25) is 0 Å². The number of rotatable bonds is 5. The highest BCUT2D eigenvalue weighted by molar-refractivity contribution is 5.89.